The van der Waals surface area contributed by atoms with Gasteiger partial charge in [-0.15, -0.1) is 12.4 Å². The highest BCUT2D eigenvalue weighted by molar-refractivity contribution is 5.94. The summed E-state index contributed by atoms with van der Waals surface area (Å²) in [6, 6.07) is 4.23. The van der Waals surface area contributed by atoms with Crippen molar-refractivity contribution in [3.8, 4) is 0 Å². The van der Waals surface area contributed by atoms with Crippen LogP contribution in [-0.4, -0.2) is 54.3 Å². The number of amides is 2. The first kappa shape index (κ1) is 24.2. The molecule has 0 saturated carbocycles. The van der Waals surface area contributed by atoms with Crippen LogP contribution in [-0.2, 0) is 11.0 Å². The third-order valence-electron chi connectivity index (χ3n) is 4.72. The Morgan fingerprint density at radius 1 is 0.893 bits per heavy atom. The normalized spacial score (nSPS) is 14.6. The highest BCUT2D eigenvalue weighted by Crippen LogP contribution is 2.29. The van der Waals surface area contributed by atoms with E-state index < -0.39 is 11.7 Å². The number of carbonyl (C=O) groups excluding carboxylic acids is 2. The molecule has 2 amide bonds. The van der Waals surface area contributed by atoms with E-state index in [2.05, 4.69) is 0 Å². The third kappa shape index (κ3) is 6.98. The standard InChI is InChI=1S/C19H26F3N3O2.ClH/c20-19(21,22)16-8-6-15(7-9-16)18(27)25-13-11-24(12-14-25)17(26)5-3-1-2-4-10-23;/h6-9H,1-5,10-14,23H2;1H. The summed E-state index contributed by atoms with van der Waals surface area (Å²) in [5.74, 6) is -0.220. The van der Waals surface area contributed by atoms with Gasteiger partial charge in [-0.1, -0.05) is 12.8 Å². The first-order chi connectivity index (χ1) is 12.8. The molecule has 1 aromatic carbocycles. The van der Waals surface area contributed by atoms with E-state index in [0.717, 1.165) is 37.8 Å². The van der Waals surface area contributed by atoms with E-state index in [1.165, 1.54) is 12.1 Å². The van der Waals surface area contributed by atoms with Crippen molar-refractivity contribution in [1.82, 2.24) is 9.80 Å². The zero-order valence-corrected chi connectivity index (χ0v) is 16.5. The summed E-state index contributed by atoms with van der Waals surface area (Å²) in [7, 11) is 0. The van der Waals surface area contributed by atoms with Gasteiger partial charge in [0.1, 0.15) is 0 Å². The maximum Gasteiger partial charge on any atom is 0.416 e. The molecule has 1 aliphatic rings. The molecular formula is C19H27ClF3N3O2. The number of nitrogens with two attached hydrogens (primary N) is 1. The maximum absolute atomic E-state index is 12.6. The molecule has 0 bridgehead atoms. The smallest absolute Gasteiger partial charge is 0.339 e. The lowest BCUT2D eigenvalue weighted by Gasteiger charge is -2.35. The summed E-state index contributed by atoms with van der Waals surface area (Å²) in [6.45, 7) is 2.35. The summed E-state index contributed by atoms with van der Waals surface area (Å²) in [6.07, 6.45) is -0.105. The van der Waals surface area contributed by atoms with Crippen LogP contribution in [0.4, 0.5) is 13.2 Å². The summed E-state index contributed by atoms with van der Waals surface area (Å²) in [5, 5.41) is 0. The van der Waals surface area contributed by atoms with Crippen LogP contribution in [0.25, 0.3) is 0 Å². The first-order valence-electron chi connectivity index (χ1n) is 9.27. The monoisotopic (exact) mass is 421 g/mol. The fourth-order valence-corrected chi connectivity index (χ4v) is 3.08. The van der Waals surface area contributed by atoms with Crippen molar-refractivity contribution in [2.75, 3.05) is 32.7 Å². The third-order valence-corrected chi connectivity index (χ3v) is 4.72. The highest BCUT2D eigenvalue weighted by Gasteiger charge is 2.31. The minimum Gasteiger partial charge on any atom is -0.339 e. The van der Waals surface area contributed by atoms with Crippen molar-refractivity contribution in [1.29, 1.82) is 0 Å². The fourth-order valence-electron chi connectivity index (χ4n) is 3.08. The molecule has 0 unspecified atom stereocenters. The molecule has 2 rings (SSSR count). The number of alkyl halides is 3. The van der Waals surface area contributed by atoms with Crippen molar-refractivity contribution in [2.24, 2.45) is 5.73 Å². The highest BCUT2D eigenvalue weighted by atomic mass is 35.5. The van der Waals surface area contributed by atoms with Gasteiger partial charge in [0.25, 0.3) is 5.91 Å². The molecule has 1 aromatic rings. The Hall–Kier alpha value is -1.80. The minimum atomic E-state index is -4.42. The van der Waals surface area contributed by atoms with Crippen molar-refractivity contribution in [3.05, 3.63) is 35.4 Å². The zero-order chi connectivity index (χ0) is 19.9. The number of rotatable bonds is 7. The van der Waals surface area contributed by atoms with Crippen molar-refractivity contribution in [3.63, 3.8) is 0 Å². The predicted octanol–water partition coefficient (Wildman–Crippen LogP) is 3.32. The van der Waals surface area contributed by atoms with Crippen LogP contribution >= 0.6 is 12.4 Å². The number of piperazine rings is 1. The second-order valence-electron chi connectivity index (χ2n) is 6.70. The first-order valence-corrected chi connectivity index (χ1v) is 9.27. The van der Waals surface area contributed by atoms with Crippen molar-refractivity contribution < 1.29 is 22.8 Å². The molecule has 28 heavy (non-hydrogen) atoms. The number of unbranched alkanes of at least 4 members (excludes halogenated alkanes) is 3. The van der Waals surface area contributed by atoms with Crippen LogP contribution in [0.2, 0.25) is 0 Å². The Labute approximate surface area is 169 Å². The molecule has 2 N–H and O–H groups in total. The molecule has 0 radical (unpaired) electrons. The molecule has 1 heterocycles. The molecule has 0 spiro atoms. The second kappa shape index (κ2) is 11.3. The minimum absolute atomic E-state index is 0. The molecule has 0 atom stereocenters. The van der Waals surface area contributed by atoms with Crippen molar-refractivity contribution >= 4 is 24.2 Å². The van der Waals surface area contributed by atoms with Gasteiger partial charge >= 0.3 is 6.18 Å². The van der Waals surface area contributed by atoms with Gasteiger partial charge in [0.15, 0.2) is 0 Å². The van der Waals surface area contributed by atoms with Gasteiger partial charge in [-0.2, -0.15) is 13.2 Å². The Morgan fingerprint density at radius 2 is 1.43 bits per heavy atom. The van der Waals surface area contributed by atoms with E-state index in [1.54, 1.807) is 9.80 Å². The second-order valence-corrected chi connectivity index (χ2v) is 6.70. The molecular weight excluding hydrogens is 395 g/mol. The summed E-state index contributed by atoms with van der Waals surface area (Å²) < 4.78 is 37.8. The molecule has 9 heteroatoms. The lowest BCUT2D eigenvalue weighted by Crippen LogP contribution is -2.50. The van der Waals surface area contributed by atoms with Gasteiger partial charge in [-0.05, 0) is 43.7 Å². The van der Waals surface area contributed by atoms with E-state index in [4.69, 9.17) is 5.73 Å². The number of halogens is 4. The quantitative estimate of drug-likeness (QED) is 0.687. The van der Waals surface area contributed by atoms with Gasteiger partial charge in [-0.25, -0.2) is 0 Å². The van der Waals surface area contributed by atoms with E-state index in [9.17, 15) is 22.8 Å². The van der Waals surface area contributed by atoms with Crippen LogP contribution in [0.15, 0.2) is 24.3 Å². The number of hydrogen-bond acceptors (Lipinski definition) is 3. The lowest BCUT2D eigenvalue weighted by molar-refractivity contribution is -0.137. The maximum atomic E-state index is 12.6. The van der Waals surface area contributed by atoms with Crippen LogP contribution in [0.5, 0.6) is 0 Å². The predicted molar refractivity (Wildman–Crippen MR) is 103 cm³/mol. The molecule has 158 valence electrons. The van der Waals surface area contributed by atoms with Crippen LogP contribution < -0.4 is 5.73 Å². The number of nitrogens with zero attached hydrogens (tertiary/aromatic N) is 2. The average molecular weight is 422 g/mol. The van der Waals surface area contributed by atoms with Crippen LogP contribution in [0.3, 0.4) is 0 Å². The fraction of sp³-hybridized carbons (Fsp3) is 0.579. The van der Waals surface area contributed by atoms with Gasteiger partial charge in [0, 0.05) is 38.2 Å². The van der Waals surface area contributed by atoms with Crippen LogP contribution in [0, 0.1) is 0 Å². The Bertz CT molecular complexity index is 630. The molecule has 1 aliphatic heterocycles. The summed E-state index contributed by atoms with van der Waals surface area (Å²) >= 11 is 0. The van der Waals surface area contributed by atoms with E-state index >= 15 is 0 Å². The van der Waals surface area contributed by atoms with E-state index in [1.807, 2.05) is 0 Å². The molecule has 5 nitrogen and oxygen atoms in total. The van der Waals surface area contributed by atoms with Crippen molar-refractivity contribution in [2.45, 2.75) is 38.3 Å². The molecule has 1 fully saturated rings. The topological polar surface area (TPSA) is 66.6 Å². The Kier molecular flexibility index (Phi) is 9.75. The Morgan fingerprint density at radius 3 is 1.96 bits per heavy atom. The molecule has 1 saturated heterocycles. The van der Waals surface area contributed by atoms with Gasteiger partial charge in [0.05, 0.1) is 5.56 Å². The average Bonchev–Trinajstić information content (AvgIpc) is 2.66. The zero-order valence-electron chi connectivity index (χ0n) is 15.7. The molecule has 0 aromatic heterocycles. The summed E-state index contributed by atoms with van der Waals surface area (Å²) in [5.41, 5.74) is 4.88. The van der Waals surface area contributed by atoms with Gasteiger partial charge in [0.2, 0.25) is 5.91 Å². The van der Waals surface area contributed by atoms with E-state index in [0.29, 0.717) is 39.1 Å². The number of carbonyl (C=O) groups is 2. The van der Waals surface area contributed by atoms with Gasteiger partial charge in [-0.3, -0.25) is 9.59 Å². The number of hydrogen-bond donors (Lipinski definition) is 1. The number of benzene rings is 1. The SMILES string of the molecule is Cl.NCCCCCCC(=O)N1CCN(C(=O)c2ccc(C(F)(F)F)cc2)CC1. The largest absolute Gasteiger partial charge is 0.416 e. The Balaban J connectivity index is 0.00000392. The van der Waals surface area contributed by atoms with Gasteiger partial charge < -0.3 is 15.5 Å². The molecule has 0 aliphatic carbocycles. The summed E-state index contributed by atoms with van der Waals surface area (Å²) in [4.78, 5) is 28.0. The lowest BCUT2D eigenvalue weighted by atomic mass is 10.1. The van der Waals surface area contributed by atoms with E-state index in [-0.39, 0.29) is 29.8 Å². The van der Waals surface area contributed by atoms with Crippen LogP contribution in [0.1, 0.15) is 48.0 Å².